The smallest absolute Gasteiger partial charge is 0.156 e. The van der Waals surface area contributed by atoms with Crippen LogP contribution in [0.2, 0.25) is 0 Å². The molecule has 11 nitrogen and oxygen atoms in total. The monoisotopic (exact) mass is 349 g/mol. The van der Waals surface area contributed by atoms with Gasteiger partial charge in [-0.05, 0) is 0 Å². The van der Waals surface area contributed by atoms with E-state index in [0.717, 1.165) is 77.6 Å². The van der Waals surface area contributed by atoms with Crippen LogP contribution in [0.5, 0.6) is 0 Å². The van der Waals surface area contributed by atoms with Crippen molar-refractivity contribution in [1.29, 1.82) is 5.26 Å². The van der Waals surface area contributed by atoms with E-state index >= 15 is 0 Å². The molecule has 0 bridgehead atoms. The molecule has 0 amide bonds. The van der Waals surface area contributed by atoms with Gasteiger partial charge in [0, 0.05) is 77.6 Å². The van der Waals surface area contributed by atoms with Crippen LogP contribution in [-0.4, -0.2) is 122 Å². The van der Waals surface area contributed by atoms with Crippen LogP contribution < -0.4 is 0 Å². The largest absolute Gasteiger partial charge is 0.400 e. The van der Waals surface area contributed by atoms with Crippen molar-refractivity contribution in [2.24, 2.45) is 0 Å². The maximum Gasteiger partial charge on any atom is 0.156 e. The molecule has 0 heterocycles. The van der Waals surface area contributed by atoms with E-state index in [4.69, 9.17) is 57.7 Å². The van der Waals surface area contributed by atoms with Crippen molar-refractivity contribution in [2.75, 3.05) is 71.1 Å². The van der Waals surface area contributed by atoms with Crippen LogP contribution in [0, 0.1) is 11.8 Å². The molecule has 22 heavy (non-hydrogen) atoms. The van der Waals surface area contributed by atoms with E-state index in [9.17, 15) is 0 Å². The van der Waals surface area contributed by atoms with Crippen molar-refractivity contribution in [1.82, 2.24) is 0 Å². The lowest BCUT2D eigenvalue weighted by atomic mass is 11.8. The Kier molecular flexibility index (Phi) is 27800. The Bertz CT molecular complexity index is 54.3. The Morgan fingerprint density at radius 2 is 0.409 bits per heavy atom. The van der Waals surface area contributed by atoms with E-state index in [-0.39, 0.29) is 0 Å². The maximum atomic E-state index is 7.00. The van der Waals surface area contributed by atoms with Crippen LogP contribution in [0.1, 0.15) is 1.37 Å². The third-order valence-electron chi connectivity index (χ3n) is 0. The molecular formula is C11H41NO10. The zero-order chi connectivity index (χ0) is 22.7. The van der Waals surface area contributed by atoms with E-state index in [1.165, 1.54) is 0 Å². The molecule has 10 N–H and O–H groups in total. The molecule has 150 valence electrons. The topological polar surface area (TPSA) is 226 Å². The van der Waals surface area contributed by atoms with Crippen molar-refractivity contribution >= 4 is 0 Å². The molecule has 0 aromatic heterocycles. The number of hydrogen-bond donors (Lipinski definition) is 10. The summed E-state index contributed by atoms with van der Waals surface area (Å²) in [5, 5.41) is 77.0. The van der Waals surface area contributed by atoms with Crippen molar-refractivity contribution in [2.45, 2.75) is 0 Å². The highest BCUT2D eigenvalue weighted by Gasteiger charge is 0.857. The molecule has 0 atom stereocenters. The lowest BCUT2D eigenvalue weighted by Crippen LogP contribution is -1.25. The minimum absolute atomic E-state index is 1.00. The number of hydrogen-bond acceptors (Lipinski definition) is 11. The van der Waals surface area contributed by atoms with Crippen molar-refractivity contribution < 1.29 is 52.4 Å². The van der Waals surface area contributed by atoms with Crippen molar-refractivity contribution in [3.05, 3.63) is 0 Å². The Balaban J connectivity index is -0.00000000768. The first-order chi connectivity index (χ1) is 11.4. The first-order valence-electron chi connectivity index (χ1n) is 5.20. The summed E-state index contributed by atoms with van der Waals surface area (Å²) in [5.41, 5.74) is 0. The molecule has 11 heteroatoms. The average molecular weight is 349 g/mol. The average Bonchev–Trinajstić information content (AvgIpc) is 2.77. The van der Waals surface area contributed by atoms with Gasteiger partial charge in [0.2, 0.25) is 0 Å². The second-order valence-corrected chi connectivity index (χ2v) is 0. The molecular weight excluding hydrogens is 306 g/mol. The predicted molar refractivity (Wildman–Crippen MR) is 88.1 cm³/mol. The van der Waals surface area contributed by atoms with Gasteiger partial charge >= 0.3 is 0 Å². The van der Waals surface area contributed by atoms with Crippen molar-refractivity contribution in [3.63, 3.8) is 0 Å². The molecule has 0 aromatic rings. The highest BCUT2D eigenvalue weighted by atomic mass is 16.2. The van der Waals surface area contributed by atoms with Gasteiger partial charge in [0.1, 0.15) is 0 Å². The minimum Gasteiger partial charge on any atom is -0.400 e. The predicted octanol–water partition coefficient (Wildman–Crippen LogP) is -3.78. The van der Waals surface area contributed by atoms with E-state index in [1.54, 1.807) is 0 Å². The summed E-state index contributed by atoms with van der Waals surface area (Å²) in [4.78, 5) is 0. The molecule has 0 rings (SSSR count). The summed E-state index contributed by atoms with van der Waals surface area (Å²) in [6, 6.07) is 0. The first kappa shape index (κ1) is 69.2. The summed E-state index contributed by atoms with van der Waals surface area (Å²) in [6.07, 6.45) is 0. The molecule has 0 fully saturated rings. The molecule has 0 aliphatic rings. The fourth-order valence-corrected chi connectivity index (χ4v) is 0. The second kappa shape index (κ2) is 8840. The van der Waals surface area contributed by atoms with E-state index in [2.05, 4.69) is 0 Å². The molecule has 0 spiro atoms. The van der Waals surface area contributed by atoms with Crippen LogP contribution in [0.15, 0.2) is 0 Å². The first-order valence-corrected chi connectivity index (χ1v) is 4.70. The van der Waals surface area contributed by atoms with Gasteiger partial charge in [-0.25, -0.2) is 5.26 Å². The summed E-state index contributed by atoms with van der Waals surface area (Å²) in [7, 11) is 10.0. The van der Waals surface area contributed by atoms with Crippen LogP contribution >= 0.6 is 0 Å². The molecule has 0 radical (unpaired) electrons. The third kappa shape index (κ3) is 7540. The normalized spacial score (nSPS) is 3.14. The van der Waals surface area contributed by atoms with Crippen LogP contribution in [0.3, 0.4) is 0 Å². The van der Waals surface area contributed by atoms with Gasteiger partial charge < -0.3 is 51.1 Å². The summed E-state index contributed by atoms with van der Waals surface area (Å²) < 4.78 is 5.51. The van der Waals surface area contributed by atoms with Gasteiger partial charge in [-0.2, -0.15) is 0 Å². The molecule has 0 saturated carbocycles. The fourth-order valence-electron chi connectivity index (χ4n) is 0. The van der Waals surface area contributed by atoms with E-state index in [1.807, 2.05) is 0 Å². The number of aliphatic hydroxyl groups excluding tert-OH is 10. The summed E-state index contributed by atoms with van der Waals surface area (Å²) >= 11 is 0. The Hall–Kier alpha value is -0.910. The molecule has 0 aromatic carbocycles. The molecule has 0 aliphatic heterocycles. The highest BCUT2D eigenvalue weighted by Crippen LogP contribution is 0.773. The van der Waals surface area contributed by atoms with Crippen LogP contribution in [0.25, 0.3) is 0 Å². The zero-order valence-corrected chi connectivity index (χ0v) is 15.4. The van der Waals surface area contributed by atoms with Gasteiger partial charge in [0.25, 0.3) is 0 Å². The van der Waals surface area contributed by atoms with E-state index in [0.29, 0.717) is 0 Å². The SMILES string of the molecule is CO.CO.CO.CO.CO.CO.CO.CO.CO.CO.[3H]C#N. The maximum absolute atomic E-state index is 7.00. The van der Waals surface area contributed by atoms with Gasteiger partial charge in [-0.3, -0.25) is 0 Å². The minimum atomic E-state index is 1.00. The zero-order valence-electron chi connectivity index (χ0n) is 16.4. The fraction of sp³-hybridized carbons (Fsp3) is 0.909. The van der Waals surface area contributed by atoms with Gasteiger partial charge in [-0.15, -0.1) is 0 Å². The highest BCUT2D eigenvalue weighted by molar-refractivity contribution is 4.03. The number of aliphatic hydroxyl groups is 10. The summed E-state index contributed by atoms with van der Waals surface area (Å²) in [6.45, 7) is 1.00. The van der Waals surface area contributed by atoms with Crippen molar-refractivity contribution in [3.8, 4) is 6.55 Å². The standard InChI is InChI=1S/CHN.10CH4O/c11*1-2/h1H;10*2H,1H3/i1T;;;;;;;;;;. The lowest BCUT2D eigenvalue weighted by Gasteiger charge is -1.21. The lowest BCUT2D eigenvalue weighted by molar-refractivity contribution is 0.399. The molecule has 0 saturated heterocycles. The number of nitrogens with zero attached hydrogens (tertiary/aromatic N) is 1. The Labute approximate surface area is 136 Å². The van der Waals surface area contributed by atoms with Gasteiger partial charge in [-0.1, -0.05) is 0 Å². The van der Waals surface area contributed by atoms with Gasteiger partial charge in [0.05, 0.1) is 0 Å². The molecule has 0 aliphatic carbocycles. The van der Waals surface area contributed by atoms with Gasteiger partial charge in [0.15, 0.2) is 1.37 Å². The summed E-state index contributed by atoms with van der Waals surface area (Å²) in [5.74, 6) is 0. The number of rotatable bonds is 0. The number of nitriles is 1. The van der Waals surface area contributed by atoms with Crippen LogP contribution in [-0.2, 0) is 0 Å². The quantitative estimate of drug-likeness (QED) is 0.204. The van der Waals surface area contributed by atoms with Crippen LogP contribution in [0.4, 0.5) is 0 Å². The Morgan fingerprint density at radius 1 is 0.409 bits per heavy atom. The Morgan fingerprint density at radius 3 is 0.409 bits per heavy atom. The molecule has 0 unspecified atom stereocenters. The second-order valence-electron chi connectivity index (χ2n) is 0. The third-order valence-corrected chi connectivity index (χ3v) is 0. The van der Waals surface area contributed by atoms with E-state index < -0.39 is 0 Å².